The van der Waals surface area contributed by atoms with Crippen LogP contribution in [0.15, 0.2) is 12.2 Å². The number of piperidine rings is 1. The maximum absolute atomic E-state index is 10.1. The van der Waals surface area contributed by atoms with E-state index in [0.29, 0.717) is 12.3 Å². The van der Waals surface area contributed by atoms with Gasteiger partial charge in [-0.2, -0.15) is 0 Å². The van der Waals surface area contributed by atoms with Crippen LogP contribution in [0.4, 0.5) is 0 Å². The molecule has 1 fully saturated rings. The van der Waals surface area contributed by atoms with Crippen LogP contribution in [0.1, 0.15) is 32.1 Å². The van der Waals surface area contributed by atoms with Crippen LogP contribution in [0, 0.1) is 5.92 Å². The lowest BCUT2D eigenvalue weighted by Crippen LogP contribution is -2.69. The van der Waals surface area contributed by atoms with Crippen LogP contribution in [0.2, 0.25) is 0 Å². The van der Waals surface area contributed by atoms with E-state index >= 15 is 0 Å². The van der Waals surface area contributed by atoms with Crippen LogP contribution >= 0.6 is 0 Å². The van der Waals surface area contributed by atoms with Crippen LogP contribution in [0.3, 0.4) is 0 Å². The summed E-state index contributed by atoms with van der Waals surface area (Å²) in [5, 5.41) is 42.1. The van der Waals surface area contributed by atoms with Crippen molar-refractivity contribution in [3.8, 4) is 0 Å². The summed E-state index contributed by atoms with van der Waals surface area (Å²) < 4.78 is 0. The van der Waals surface area contributed by atoms with Crippen molar-refractivity contribution in [3.63, 3.8) is 0 Å². The molecule has 2 rings (SSSR count). The lowest BCUT2D eigenvalue weighted by atomic mass is 9.77. The fraction of sp³-hybridized carbons (Fsp3) is 0.857. The first kappa shape index (κ1) is 14.9. The molecule has 5 nitrogen and oxygen atoms in total. The second-order valence-corrected chi connectivity index (χ2v) is 5.86. The normalized spacial score (nSPS) is 43.4. The van der Waals surface area contributed by atoms with Crippen molar-refractivity contribution in [1.82, 2.24) is 5.32 Å². The molecule has 110 valence electrons. The predicted octanol–water partition coefficient (Wildman–Crippen LogP) is -0.460. The van der Waals surface area contributed by atoms with Gasteiger partial charge in [-0.3, -0.25) is 0 Å². The van der Waals surface area contributed by atoms with Crippen molar-refractivity contribution in [1.29, 1.82) is 0 Å². The Hall–Kier alpha value is -0.460. The fourth-order valence-corrected chi connectivity index (χ4v) is 3.10. The molecular weight excluding hydrogens is 246 g/mol. The van der Waals surface area contributed by atoms with E-state index in [-0.39, 0.29) is 13.2 Å². The number of rotatable bonds is 4. The molecule has 0 amide bonds. The van der Waals surface area contributed by atoms with Crippen molar-refractivity contribution < 1.29 is 20.4 Å². The number of nitrogens with one attached hydrogen (secondary N) is 1. The predicted molar refractivity (Wildman–Crippen MR) is 71.6 cm³/mol. The molecule has 1 aliphatic carbocycles. The summed E-state index contributed by atoms with van der Waals surface area (Å²) in [7, 11) is 0. The Bertz CT molecular complexity index is 323. The van der Waals surface area contributed by atoms with E-state index in [1.54, 1.807) is 0 Å². The number of aliphatic hydroxyl groups is 4. The van der Waals surface area contributed by atoms with Gasteiger partial charge in [0.25, 0.3) is 0 Å². The Labute approximate surface area is 114 Å². The van der Waals surface area contributed by atoms with Gasteiger partial charge in [0, 0.05) is 6.54 Å². The lowest BCUT2D eigenvalue weighted by Gasteiger charge is -2.46. The molecule has 5 atom stereocenters. The topological polar surface area (TPSA) is 93.0 Å². The third-order valence-corrected chi connectivity index (χ3v) is 4.54. The Morgan fingerprint density at radius 1 is 1.26 bits per heavy atom. The minimum atomic E-state index is -1.20. The van der Waals surface area contributed by atoms with Gasteiger partial charge >= 0.3 is 0 Å². The van der Waals surface area contributed by atoms with Gasteiger partial charge in [-0.15, -0.1) is 0 Å². The fourth-order valence-electron chi connectivity index (χ4n) is 3.10. The van der Waals surface area contributed by atoms with Crippen molar-refractivity contribution in [3.05, 3.63) is 12.2 Å². The first-order valence-corrected chi connectivity index (χ1v) is 7.16. The highest BCUT2D eigenvalue weighted by atomic mass is 16.4. The van der Waals surface area contributed by atoms with Crippen molar-refractivity contribution >= 4 is 0 Å². The van der Waals surface area contributed by atoms with Crippen LogP contribution < -0.4 is 5.32 Å². The zero-order valence-electron chi connectivity index (χ0n) is 11.2. The molecule has 0 aromatic heterocycles. The Balaban J connectivity index is 1.97. The molecule has 0 saturated carbocycles. The van der Waals surface area contributed by atoms with Crippen molar-refractivity contribution in [2.24, 2.45) is 5.92 Å². The quantitative estimate of drug-likeness (QED) is 0.446. The highest BCUT2D eigenvalue weighted by molar-refractivity contribution is 5.05. The van der Waals surface area contributed by atoms with Gasteiger partial charge in [-0.05, 0) is 38.0 Å². The molecule has 1 heterocycles. The third-order valence-electron chi connectivity index (χ3n) is 4.54. The minimum absolute atomic E-state index is 0.194. The van der Waals surface area contributed by atoms with E-state index in [9.17, 15) is 20.4 Å². The third kappa shape index (κ3) is 3.17. The molecule has 19 heavy (non-hydrogen) atoms. The smallest absolute Gasteiger partial charge is 0.109 e. The lowest BCUT2D eigenvalue weighted by molar-refractivity contribution is -0.136. The van der Waals surface area contributed by atoms with E-state index in [2.05, 4.69) is 17.5 Å². The van der Waals surface area contributed by atoms with Crippen LogP contribution in [0.25, 0.3) is 0 Å². The average Bonchev–Trinajstić information content (AvgIpc) is 2.46. The van der Waals surface area contributed by atoms with Crippen molar-refractivity contribution in [2.75, 3.05) is 13.2 Å². The molecule has 0 spiro atoms. The van der Waals surface area contributed by atoms with E-state index in [4.69, 9.17) is 0 Å². The Morgan fingerprint density at radius 2 is 2.05 bits per heavy atom. The molecule has 2 aliphatic rings. The molecular formula is C14H25NO4. The molecule has 5 heteroatoms. The van der Waals surface area contributed by atoms with Crippen LogP contribution in [0.5, 0.6) is 0 Å². The highest BCUT2D eigenvalue weighted by Crippen LogP contribution is 2.30. The van der Waals surface area contributed by atoms with Gasteiger partial charge in [-0.25, -0.2) is 0 Å². The van der Waals surface area contributed by atoms with Gasteiger partial charge in [0.05, 0.1) is 18.2 Å². The number of hydrogen-bond donors (Lipinski definition) is 5. The van der Waals surface area contributed by atoms with Gasteiger partial charge in [0.15, 0.2) is 0 Å². The number of aliphatic hydroxyl groups excluding tert-OH is 4. The summed E-state index contributed by atoms with van der Waals surface area (Å²) in [6.07, 6.45) is 5.97. The van der Waals surface area contributed by atoms with Gasteiger partial charge in [0.2, 0.25) is 0 Å². The van der Waals surface area contributed by atoms with E-state index in [1.807, 2.05) is 0 Å². The summed E-state index contributed by atoms with van der Waals surface area (Å²) in [5.74, 6) is 0.482. The number of β-amino-alcohol motifs (C(OH)–C–C–N with tert-alkyl or cyclic N) is 1. The Kier molecular flexibility index (Phi) is 4.97. The zero-order valence-corrected chi connectivity index (χ0v) is 11.2. The number of hydrogen-bond acceptors (Lipinski definition) is 5. The maximum atomic E-state index is 10.1. The molecule has 0 aromatic rings. The molecule has 0 aromatic carbocycles. The highest BCUT2D eigenvalue weighted by Gasteiger charge is 2.47. The summed E-state index contributed by atoms with van der Waals surface area (Å²) in [6.45, 7) is -0.0479. The van der Waals surface area contributed by atoms with Crippen LogP contribution in [-0.2, 0) is 0 Å². The molecule has 0 radical (unpaired) electrons. The summed E-state index contributed by atoms with van der Waals surface area (Å²) >= 11 is 0. The zero-order chi connectivity index (χ0) is 13.9. The van der Waals surface area contributed by atoms with Gasteiger partial charge in [0.1, 0.15) is 12.2 Å². The second kappa shape index (κ2) is 6.33. The summed E-state index contributed by atoms with van der Waals surface area (Å²) in [6, 6.07) is 0. The summed E-state index contributed by atoms with van der Waals surface area (Å²) in [4.78, 5) is 0. The summed E-state index contributed by atoms with van der Waals surface area (Å²) in [5.41, 5.74) is -0.899. The second-order valence-electron chi connectivity index (χ2n) is 5.86. The number of allylic oxidation sites excluding steroid dienone is 2. The van der Waals surface area contributed by atoms with Gasteiger partial charge in [-0.1, -0.05) is 12.2 Å². The molecule has 5 N–H and O–H groups in total. The largest absolute Gasteiger partial charge is 0.394 e. The van der Waals surface area contributed by atoms with E-state index in [0.717, 1.165) is 19.3 Å². The molecule has 1 saturated heterocycles. The van der Waals surface area contributed by atoms with E-state index in [1.165, 1.54) is 6.42 Å². The maximum Gasteiger partial charge on any atom is 0.109 e. The first-order chi connectivity index (χ1) is 9.09. The monoisotopic (exact) mass is 271 g/mol. The van der Waals surface area contributed by atoms with Gasteiger partial charge < -0.3 is 25.7 Å². The van der Waals surface area contributed by atoms with Crippen molar-refractivity contribution in [2.45, 2.75) is 56.0 Å². The van der Waals surface area contributed by atoms with E-state index < -0.39 is 23.9 Å². The molecule has 1 aliphatic heterocycles. The minimum Gasteiger partial charge on any atom is -0.394 e. The average molecular weight is 271 g/mol. The Morgan fingerprint density at radius 3 is 2.68 bits per heavy atom. The molecule has 0 bridgehead atoms. The molecule has 0 unspecified atom stereocenters. The first-order valence-electron chi connectivity index (χ1n) is 7.16. The standard InChI is InChI=1S/C14H25NO4/c16-9-14(7-6-10-4-2-1-3-5-10)13(19)12(18)11(17)8-15-14/h2,4,10-13,15-19H,1,3,5-9H2/t10-,11+,12-,13+,14-/m1/s1. The van der Waals surface area contributed by atoms with Crippen LogP contribution in [-0.4, -0.2) is 57.4 Å². The SMILES string of the molecule is OC[C@@]1(CC[C@@H]2C=CCCC2)NC[C@H](O)[C@@H](O)[C@@H]1O.